The predicted molar refractivity (Wildman–Crippen MR) is 143 cm³/mol. The molecule has 3 aromatic rings. The highest BCUT2D eigenvalue weighted by Crippen LogP contribution is 2.46. The summed E-state index contributed by atoms with van der Waals surface area (Å²) in [5.74, 6) is -0.667. The molecule has 0 amide bonds. The maximum absolute atomic E-state index is 13.6. The highest BCUT2D eigenvalue weighted by atomic mass is 35.5. The van der Waals surface area contributed by atoms with Crippen molar-refractivity contribution in [3.8, 4) is 5.75 Å². The van der Waals surface area contributed by atoms with E-state index in [1.54, 1.807) is 0 Å². The number of carbonyl (C=O) groups excluding carboxylic acids is 2. The quantitative estimate of drug-likeness (QED) is 0.391. The predicted octanol–water partition coefficient (Wildman–Crippen LogP) is 6.31. The molecule has 0 aromatic heterocycles. The average molecular weight is 514 g/mol. The van der Waals surface area contributed by atoms with Gasteiger partial charge < -0.3 is 14.8 Å². The van der Waals surface area contributed by atoms with Crippen molar-refractivity contribution in [1.82, 2.24) is 5.32 Å². The molecule has 0 saturated carbocycles. The van der Waals surface area contributed by atoms with Crippen LogP contribution in [0.5, 0.6) is 5.75 Å². The molecule has 1 aliphatic heterocycles. The Morgan fingerprint density at radius 2 is 1.62 bits per heavy atom. The van der Waals surface area contributed by atoms with E-state index < -0.39 is 17.8 Å². The van der Waals surface area contributed by atoms with Gasteiger partial charge in [-0.15, -0.1) is 0 Å². The lowest BCUT2D eigenvalue weighted by atomic mass is 9.68. The van der Waals surface area contributed by atoms with Gasteiger partial charge in [-0.3, -0.25) is 4.79 Å². The molecule has 0 spiro atoms. The third-order valence-electron chi connectivity index (χ3n) is 7.05. The SMILES string of the molecule is COC(=O)C1=C(C)NC2=CC(c3ccc(Cl)cc3)CC(=O)C2C1c1ccc(OCc2ccccc2)cc1. The standard InChI is InChI=1S/C31H28ClNO4/c1-19-28(31(35)36-2)29(22-10-14-25(15-11-22)37-18-20-6-4-3-5-7-20)30-26(33-19)16-23(17-27(30)34)21-8-12-24(32)13-9-21/h3-16,23,29-30,33H,17-18H2,1-2H3. The summed E-state index contributed by atoms with van der Waals surface area (Å²) in [5, 5.41) is 4.00. The minimum Gasteiger partial charge on any atom is -0.489 e. The Balaban J connectivity index is 1.47. The Bertz CT molecular complexity index is 1360. The molecule has 3 unspecified atom stereocenters. The van der Waals surface area contributed by atoms with E-state index in [1.165, 1.54) is 7.11 Å². The molecule has 0 radical (unpaired) electrons. The molecule has 1 heterocycles. The van der Waals surface area contributed by atoms with Gasteiger partial charge in [0.25, 0.3) is 0 Å². The summed E-state index contributed by atoms with van der Waals surface area (Å²) >= 11 is 6.06. The first-order valence-electron chi connectivity index (χ1n) is 12.3. The molecule has 0 bridgehead atoms. The van der Waals surface area contributed by atoms with Crippen molar-refractivity contribution >= 4 is 23.4 Å². The Kier molecular flexibility index (Phi) is 7.15. The van der Waals surface area contributed by atoms with Gasteiger partial charge in [-0.05, 0) is 47.9 Å². The summed E-state index contributed by atoms with van der Waals surface area (Å²) in [6.45, 7) is 2.31. The number of methoxy groups -OCH3 is 1. The minimum atomic E-state index is -0.502. The molecule has 1 aliphatic carbocycles. The lowest BCUT2D eigenvalue weighted by Crippen LogP contribution is -2.41. The normalized spacial score (nSPS) is 21.0. The molecule has 3 aromatic carbocycles. The molecule has 0 saturated heterocycles. The van der Waals surface area contributed by atoms with Crippen LogP contribution >= 0.6 is 11.6 Å². The van der Waals surface area contributed by atoms with Gasteiger partial charge in [0.1, 0.15) is 18.1 Å². The van der Waals surface area contributed by atoms with E-state index in [0.717, 1.165) is 28.1 Å². The first-order chi connectivity index (χ1) is 17.9. The third-order valence-corrected chi connectivity index (χ3v) is 7.31. The number of nitrogens with one attached hydrogen (secondary N) is 1. The number of ether oxygens (including phenoxy) is 2. The van der Waals surface area contributed by atoms with Crippen molar-refractivity contribution in [1.29, 1.82) is 0 Å². The zero-order valence-electron chi connectivity index (χ0n) is 20.7. The van der Waals surface area contributed by atoms with E-state index in [2.05, 4.69) is 11.4 Å². The molecular weight excluding hydrogens is 486 g/mol. The van der Waals surface area contributed by atoms with Gasteiger partial charge in [-0.2, -0.15) is 0 Å². The van der Waals surface area contributed by atoms with Gasteiger partial charge in [0.15, 0.2) is 0 Å². The van der Waals surface area contributed by atoms with Crippen LogP contribution < -0.4 is 10.1 Å². The van der Waals surface area contributed by atoms with Crippen molar-refractivity contribution in [3.63, 3.8) is 0 Å². The van der Waals surface area contributed by atoms with Crippen LogP contribution in [0.15, 0.2) is 102 Å². The van der Waals surface area contributed by atoms with Gasteiger partial charge in [0, 0.05) is 34.7 Å². The van der Waals surface area contributed by atoms with Crippen molar-refractivity contribution in [2.24, 2.45) is 5.92 Å². The maximum Gasteiger partial charge on any atom is 0.336 e. The molecule has 6 heteroatoms. The highest BCUT2D eigenvalue weighted by Gasteiger charge is 2.44. The first kappa shape index (κ1) is 24.8. The summed E-state index contributed by atoms with van der Waals surface area (Å²) in [6, 6.07) is 25.2. The number of allylic oxidation sites excluding steroid dienone is 3. The number of fused-ring (bicyclic) bond motifs is 1. The zero-order chi connectivity index (χ0) is 25.9. The van der Waals surface area contributed by atoms with Crippen LogP contribution in [-0.4, -0.2) is 18.9 Å². The van der Waals surface area contributed by atoms with E-state index in [-0.39, 0.29) is 11.7 Å². The molecule has 37 heavy (non-hydrogen) atoms. The van der Waals surface area contributed by atoms with Crippen LogP contribution in [0.4, 0.5) is 0 Å². The maximum atomic E-state index is 13.6. The number of rotatable bonds is 6. The Hall–Kier alpha value is -3.83. The second-order valence-corrected chi connectivity index (χ2v) is 9.84. The fourth-order valence-corrected chi connectivity index (χ4v) is 5.38. The fourth-order valence-electron chi connectivity index (χ4n) is 5.25. The smallest absolute Gasteiger partial charge is 0.336 e. The van der Waals surface area contributed by atoms with E-state index in [4.69, 9.17) is 21.1 Å². The summed E-state index contributed by atoms with van der Waals surface area (Å²) in [6.07, 6.45) is 2.46. The van der Waals surface area contributed by atoms with Crippen LogP contribution in [0.25, 0.3) is 0 Å². The van der Waals surface area contributed by atoms with Crippen molar-refractivity contribution in [2.75, 3.05) is 7.11 Å². The largest absolute Gasteiger partial charge is 0.489 e. The summed E-state index contributed by atoms with van der Waals surface area (Å²) in [5.41, 5.74) is 4.95. The van der Waals surface area contributed by atoms with Crippen LogP contribution in [-0.2, 0) is 20.9 Å². The molecule has 5 nitrogen and oxygen atoms in total. The van der Waals surface area contributed by atoms with E-state index >= 15 is 0 Å². The topological polar surface area (TPSA) is 64.6 Å². The molecule has 5 rings (SSSR count). The zero-order valence-corrected chi connectivity index (χ0v) is 21.5. The lowest BCUT2D eigenvalue weighted by molar-refractivity contribution is -0.136. The van der Waals surface area contributed by atoms with E-state index in [0.29, 0.717) is 29.3 Å². The number of esters is 1. The van der Waals surface area contributed by atoms with Crippen molar-refractivity contribution < 1.29 is 19.1 Å². The number of hydrogen-bond acceptors (Lipinski definition) is 5. The second-order valence-electron chi connectivity index (χ2n) is 9.40. The monoisotopic (exact) mass is 513 g/mol. The number of ketones is 1. The number of Topliss-reactive ketones (excluding diaryl/α,β-unsaturated/α-hetero) is 1. The van der Waals surface area contributed by atoms with Crippen LogP contribution in [0.1, 0.15) is 41.9 Å². The van der Waals surface area contributed by atoms with Gasteiger partial charge in [0.2, 0.25) is 0 Å². The van der Waals surface area contributed by atoms with Gasteiger partial charge in [0.05, 0.1) is 18.6 Å². The van der Waals surface area contributed by atoms with E-state index in [1.807, 2.05) is 85.8 Å². The third kappa shape index (κ3) is 5.18. The molecule has 188 valence electrons. The summed E-state index contributed by atoms with van der Waals surface area (Å²) in [7, 11) is 1.37. The van der Waals surface area contributed by atoms with Gasteiger partial charge in [-0.25, -0.2) is 4.79 Å². The number of halogens is 1. The minimum absolute atomic E-state index is 0.0644. The van der Waals surface area contributed by atoms with Crippen LogP contribution in [0, 0.1) is 5.92 Å². The average Bonchev–Trinajstić information content (AvgIpc) is 2.92. The van der Waals surface area contributed by atoms with Crippen molar-refractivity contribution in [3.05, 3.63) is 124 Å². The van der Waals surface area contributed by atoms with Crippen LogP contribution in [0.2, 0.25) is 5.02 Å². The summed E-state index contributed by atoms with van der Waals surface area (Å²) < 4.78 is 11.1. The molecule has 1 N–H and O–H groups in total. The Morgan fingerprint density at radius 3 is 2.30 bits per heavy atom. The Labute approximate surface area is 221 Å². The lowest BCUT2D eigenvalue weighted by Gasteiger charge is -2.39. The fraction of sp³-hybridized carbons (Fsp3) is 0.226. The second kappa shape index (κ2) is 10.7. The summed E-state index contributed by atoms with van der Waals surface area (Å²) in [4.78, 5) is 26.5. The van der Waals surface area contributed by atoms with Gasteiger partial charge >= 0.3 is 5.97 Å². The van der Waals surface area contributed by atoms with Gasteiger partial charge in [-0.1, -0.05) is 72.3 Å². The molecule has 0 fully saturated rings. The number of hydrogen-bond donors (Lipinski definition) is 1. The number of benzene rings is 3. The Morgan fingerprint density at radius 1 is 0.946 bits per heavy atom. The molecular formula is C31H28ClNO4. The van der Waals surface area contributed by atoms with Crippen LogP contribution in [0.3, 0.4) is 0 Å². The molecule has 2 aliphatic rings. The first-order valence-corrected chi connectivity index (χ1v) is 12.6. The molecule has 3 atom stereocenters. The van der Waals surface area contributed by atoms with Crippen molar-refractivity contribution in [2.45, 2.75) is 31.8 Å². The highest BCUT2D eigenvalue weighted by molar-refractivity contribution is 6.30. The van der Waals surface area contributed by atoms with E-state index in [9.17, 15) is 9.59 Å². The number of carbonyl (C=O) groups is 2.